The van der Waals surface area contributed by atoms with E-state index in [0.717, 1.165) is 37.8 Å². The third kappa shape index (κ3) is 3.66. The number of aromatic amines is 1. The molecule has 2 unspecified atom stereocenters. The normalized spacial score (nSPS) is 30.9. The molecule has 0 aromatic carbocycles. The van der Waals surface area contributed by atoms with Crippen LogP contribution in [0.2, 0.25) is 0 Å². The molecule has 26 heavy (non-hydrogen) atoms. The van der Waals surface area contributed by atoms with E-state index in [1.807, 2.05) is 13.0 Å². The van der Waals surface area contributed by atoms with Crippen molar-refractivity contribution >= 4 is 17.8 Å². The number of nitrogens with zero attached hydrogens (tertiary/aromatic N) is 2. The predicted molar refractivity (Wildman–Crippen MR) is 92.1 cm³/mol. The van der Waals surface area contributed by atoms with E-state index in [1.54, 1.807) is 0 Å². The van der Waals surface area contributed by atoms with Crippen LogP contribution in [-0.2, 0) is 9.53 Å². The summed E-state index contributed by atoms with van der Waals surface area (Å²) in [6, 6.07) is 3.94. The Bertz CT molecular complexity index is 763. The molecular formula is C18H23N5O3. The van der Waals surface area contributed by atoms with Gasteiger partial charge in [-0.15, -0.1) is 0 Å². The molecule has 0 aliphatic heterocycles. The first-order valence-corrected chi connectivity index (χ1v) is 9.20. The monoisotopic (exact) mass is 357 g/mol. The molecule has 8 nitrogen and oxygen atoms in total. The van der Waals surface area contributed by atoms with Crippen molar-refractivity contribution in [2.45, 2.75) is 63.0 Å². The second-order valence-electron chi connectivity index (χ2n) is 8.00. The lowest BCUT2D eigenvalue weighted by Gasteiger charge is -2.16. The summed E-state index contributed by atoms with van der Waals surface area (Å²) >= 11 is 0. The van der Waals surface area contributed by atoms with E-state index in [-0.39, 0.29) is 41.4 Å². The van der Waals surface area contributed by atoms with E-state index in [4.69, 9.17) is 10.00 Å². The molecule has 3 aliphatic rings. The molecule has 0 spiro atoms. The van der Waals surface area contributed by atoms with Gasteiger partial charge in [-0.1, -0.05) is 0 Å². The van der Waals surface area contributed by atoms with Crippen molar-refractivity contribution in [1.82, 2.24) is 15.5 Å². The van der Waals surface area contributed by atoms with Crippen molar-refractivity contribution < 1.29 is 14.3 Å². The molecule has 3 N–H and O–H groups in total. The number of nitrogens with one attached hydrogen (secondary N) is 3. The Kier molecular flexibility index (Phi) is 4.10. The van der Waals surface area contributed by atoms with Crippen molar-refractivity contribution in [1.29, 1.82) is 5.26 Å². The Morgan fingerprint density at radius 3 is 2.88 bits per heavy atom. The highest BCUT2D eigenvalue weighted by Crippen LogP contribution is 2.39. The highest BCUT2D eigenvalue weighted by Gasteiger charge is 2.43. The van der Waals surface area contributed by atoms with Crippen LogP contribution < -0.4 is 10.6 Å². The highest BCUT2D eigenvalue weighted by molar-refractivity contribution is 5.94. The van der Waals surface area contributed by atoms with Crippen molar-refractivity contribution in [3.05, 3.63) is 11.8 Å². The summed E-state index contributed by atoms with van der Waals surface area (Å²) in [4.78, 5) is 23.9. The lowest BCUT2D eigenvalue weighted by atomic mass is 10.0. The molecule has 2 amide bonds. The Balaban J connectivity index is 1.26. The smallest absolute Gasteiger partial charge is 0.407 e. The Morgan fingerprint density at radius 2 is 2.19 bits per heavy atom. The Labute approximate surface area is 151 Å². The fourth-order valence-corrected chi connectivity index (χ4v) is 3.53. The first kappa shape index (κ1) is 16.9. The summed E-state index contributed by atoms with van der Waals surface area (Å²) in [5, 5.41) is 21.6. The van der Waals surface area contributed by atoms with Crippen LogP contribution in [0.15, 0.2) is 6.07 Å². The molecule has 1 aromatic heterocycles. The SMILES string of the molecule is CC1(NC(=O)O[C@@H]2CC[C@H](c3cc(NC(=O)C4CC4C#N)n[nH]3)C2)CC1. The van der Waals surface area contributed by atoms with Gasteiger partial charge in [-0.05, 0) is 45.4 Å². The fraction of sp³-hybridized carbons (Fsp3) is 0.667. The van der Waals surface area contributed by atoms with Gasteiger partial charge < -0.3 is 15.4 Å². The number of ether oxygens (including phenoxy) is 1. The largest absolute Gasteiger partial charge is 0.446 e. The third-order valence-electron chi connectivity index (χ3n) is 5.64. The minimum absolute atomic E-state index is 0.0717. The van der Waals surface area contributed by atoms with Crippen LogP contribution >= 0.6 is 0 Å². The molecule has 3 aliphatic carbocycles. The number of carbonyl (C=O) groups excluding carboxylic acids is 2. The van der Waals surface area contributed by atoms with Gasteiger partial charge in [0.2, 0.25) is 5.91 Å². The van der Waals surface area contributed by atoms with Crippen molar-refractivity contribution in [3.63, 3.8) is 0 Å². The van der Waals surface area contributed by atoms with Crippen LogP contribution in [0, 0.1) is 23.2 Å². The van der Waals surface area contributed by atoms with Gasteiger partial charge in [0.25, 0.3) is 0 Å². The predicted octanol–water partition coefficient (Wildman–Crippen LogP) is 2.42. The molecule has 0 saturated heterocycles. The first-order chi connectivity index (χ1) is 12.5. The van der Waals surface area contributed by atoms with E-state index in [0.29, 0.717) is 12.2 Å². The molecule has 138 valence electrons. The van der Waals surface area contributed by atoms with E-state index >= 15 is 0 Å². The maximum Gasteiger partial charge on any atom is 0.407 e. The van der Waals surface area contributed by atoms with Crippen LogP contribution in [0.1, 0.15) is 57.1 Å². The van der Waals surface area contributed by atoms with Crippen molar-refractivity contribution in [2.75, 3.05) is 5.32 Å². The van der Waals surface area contributed by atoms with Gasteiger partial charge in [0.05, 0.1) is 17.9 Å². The number of carbonyl (C=O) groups is 2. The highest BCUT2D eigenvalue weighted by atomic mass is 16.6. The lowest BCUT2D eigenvalue weighted by molar-refractivity contribution is -0.117. The average molecular weight is 357 g/mol. The number of nitriles is 1. The summed E-state index contributed by atoms with van der Waals surface area (Å²) in [7, 11) is 0. The maximum absolute atomic E-state index is 12.0. The zero-order chi connectivity index (χ0) is 18.3. The van der Waals surface area contributed by atoms with Gasteiger partial charge >= 0.3 is 6.09 Å². The third-order valence-corrected chi connectivity index (χ3v) is 5.64. The van der Waals surface area contributed by atoms with Crippen LogP contribution in [0.5, 0.6) is 0 Å². The summed E-state index contributed by atoms with van der Waals surface area (Å²) < 4.78 is 5.53. The van der Waals surface area contributed by atoms with Gasteiger partial charge in [-0.25, -0.2) is 4.79 Å². The van der Waals surface area contributed by atoms with Gasteiger partial charge in [0.15, 0.2) is 5.82 Å². The van der Waals surface area contributed by atoms with Crippen LogP contribution in [0.4, 0.5) is 10.6 Å². The number of amides is 2. The minimum Gasteiger partial charge on any atom is -0.446 e. The number of H-pyrrole nitrogens is 1. The molecular weight excluding hydrogens is 334 g/mol. The molecule has 1 aromatic rings. The Morgan fingerprint density at radius 1 is 1.38 bits per heavy atom. The fourth-order valence-electron chi connectivity index (χ4n) is 3.53. The second-order valence-corrected chi connectivity index (χ2v) is 8.00. The average Bonchev–Trinajstić information content (AvgIpc) is 3.42. The topological polar surface area (TPSA) is 120 Å². The van der Waals surface area contributed by atoms with Gasteiger partial charge in [-0.2, -0.15) is 10.4 Å². The second kappa shape index (κ2) is 6.31. The summed E-state index contributed by atoms with van der Waals surface area (Å²) in [6.07, 6.45) is 4.70. The number of aromatic nitrogens is 2. The standard InChI is InChI=1S/C18H23N5O3/c1-18(4-5-18)21-17(25)26-12-3-2-10(6-12)14-8-15(23-22-14)20-16(24)13-7-11(13)9-19/h8,10-13H,2-7H2,1H3,(H,21,25)(H2,20,22,23,24)/t10-,11?,12+,13?/m0/s1. The van der Waals surface area contributed by atoms with Crippen molar-refractivity contribution in [3.8, 4) is 6.07 Å². The minimum atomic E-state index is -0.329. The molecule has 3 saturated carbocycles. The molecule has 4 atom stereocenters. The number of hydrogen-bond acceptors (Lipinski definition) is 5. The Hall–Kier alpha value is -2.56. The molecule has 8 heteroatoms. The van der Waals surface area contributed by atoms with Crippen LogP contribution in [0.25, 0.3) is 0 Å². The number of hydrogen-bond donors (Lipinski definition) is 3. The van der Waals surface area contributed by atoms with Gasteiger partial charge in [0, 0.05) is 23.2 Å². The number of alkyl carbamates (subject to hydrolysis) is 1. The summed E-state index contributed by atoms with van der Waals surface area (Å²) in [5.74, 6) is 0.196. The van der Waals surface area contributed by atoms with E-state index in [9.17, 15) is 9.59 Å². The van der Waals surface area contributed by atoms with E-state index in [2.05, 4.69) is 26.9 Å². The summed E-state index contributed by atoms with van der Waals surface area (Å²) in [6.45, 7) is 2.02. The molecule has 0 radical (unpaired) electrons. The van der Waals surface area contributed by atoms with Crippen LogP contribution in [0.3, 0.4) is 0 Å². The number of rotatable bonds is 5. The molecule has 1 heterocycles. The quantitative estimate of drug-likeness (QED) is 0.747. The zero-order valence-electron chi connectivity index (χ0n) is 14.7. The molecule has 0 bridgehead atoms. The van der Waals surface area contributed by atoms with E-state index in [1.165, 1.54) is 0 Å². The van der Waals surface area contributed by atoms with Crippen LogP contribution in [-0.4, -0.2) is 33.8 Å². The zero-order valence-corrected chi connectivity index (χ0v) is 14.7. The van der Waals surface area contributed by atoms with Gasteiger partial charge in [-0.3, -0.25) is 9.89 Å². The molecule has 4 rings (SSSR count). The first-order valence-electron chi connectivity index (χ1n) is 9.20. The number of anilines is 1. The summed E-state index contributed by atoms with van der Waals surface area (Å²) in [5.41, 5.74) is 0.867. The maximum atomic E-state index is 12.0. The lowest BCUT2D eigenvalue weighted by Crippen LogP contribution is -2.36. The van der Waals surface area contributed by atoms with E-state index < -0.39 is 0 Å². The van der Waals surface area contributed by atoms with Crippen molar-refractivity contribution in [2.24, 2.45) is 11.8 Å². The van der Waals surface area contributed by atoms with Gasteiger partial charge in [0.1, 0.15) is 6.10 Å². The molecule has 3 fully saturated rings.